The first-order valence-electron chi connectivity index (χ1n) is 47.1. The van der Waals surface area contributed by atoms with Crippen molar-refractivity contribution in [3.63, 3.8) is 0 Å². The number of aryl methyl sites for hydroxylation is 4. The molecule has 0 aliphatic heterocycles. The molecule has 0 unspecified atom stereocenters. The van der Waals surface area contributed by atoms with E-state index >= 15 is 0 Å². The quantitative estimate of drug-likeness (QED) is 0.148. The fourth-order valence-corrected chi connectivity index (χ4v) is 16.6. The summed E-state index contributed by atoms with van der Waals surface area (Å²) in [5.74, 6) is 5.49. The fraction of sp³-hybridized carbons (Fsp3) is 0.477. The highest BCUT2D eigenvalue weighted by Crippen LogP contribution is 2.44. The zero-order chi connectivity index (χ0) is 105. The average Bonchev–Trinajstić information content (AvgIpc) is 1.63. The molecular weight excluding hydrogens is 1760 g/mol. The van der Waals surface area contributed by atoms with E-state index in [1.54, 1.807) is 99.0 Å². The van der Waals surface area contributed by atoms with E-state index in [9.17, 15) is 61.6 Å². The second kappa shape index (κ2) is 40.1. The maximum Gasteiger partial charge on any atom is 0.417 e. The molecule has 0 radical (unpaired) electrons. The number of ether oxygens (including phenoxy) is 1. The van der Waals surface area contributed by atoms with Crippen LogP contribution in [0.2, 0.25) is 0 Å². The van der Waals surface area contributed by atoms with E-state index in [4.69, 9.17) is 14.7 Å². The molecule has 0 saturated heterocycles. The third kappa shape index (κ3) is 23.6. The molecular formula is C111H140F4N16O8. The van der Waals surface area contributed by atoms with Crippen LogP contribution in [0.1, 0.15) is 314 Å². The summed E-state index contributed by atoms with van der Waals surface area (Å²) in [6, 6.07) is 38.5. The van der Waals surface area contributed by atoms with Crippen LogP contribution in [-0.4, -0.2) is 74.0 Å². The highest BCUT2D eigenvalue weighted by atomic mass is 19.4. The van der Waals surface area contributed by atoms with Gasteiger partial charge in [-0.25, -0.2) is 39.3 Å². The molecule has 24 nitrogen and oxygen atoms in total. The third-order valence-electron chi connectivity index (χ3n) is 23.6. The van der Waals surface area contributed by atoms with Gasteiger partial charge in [-0.05, 0) is 233 Å². The van der Waals surface area contributed by atoms with Crippen molar-refractivity contribution >= 4 is 76.3 Å². The largest absolute Gasteiger partial charge is 0.494 e. The van der Waals surface area contributed by atoms with Gasteiger partial charge in [-0.15, -0.1) is 0 Å². The minimum Gasteiger partial charge on any atom is -0.494 e. The number of nitriles is 2. The van der Waals surface area contributed by atoms with Gasteiger partial charge in [-0.2, -0.15) is 23.7 Å². The van der Waals surface area contributed by atoms with E-state index in [-0.39, 0.29) is 93.6 Å². The molecule has 0 atom stereocenters. The summed E-state index contributed by atoms with van der Waals surface area (Å²) in [5.41, 5.74) is 2.19. The molecule has 0 N–H and O–H groups in total. The van der Waals surface area contributed by atoms with E-state index in [2.05, 4.69) is 133 Å². The van der Waals surface area contributed by atoms with Gasteiger partial charge < -0.3 is 4.74 Å². The SMILES string of the molecule is CC(C)(C)c1nc2c(C#N)cccc2c(=O)n1C(C)(C)C.CC(C)(C)c1nc2c(C3CC3)cccc2c(=O)n1C(C)(C)C.CC(C)(C)c1nc2c(F)ccc(C#N)c2c(=O)n1C(C)(C)C.CC(C)(C)c1nc2cccc(C(F)(F)F)c2c(=O)n1C(C)(C)C.CCc1cccc2c(=O)n(C(C)(C)C)c(C(C)(C)C)nc12.CCc1cccc2nc(C)n(C)c(=O)c12.COc1cccc2c(=O)n(C)c(C)nc12. The molecule has 28 heteroatoms. The van der Waals surface area contributed by atoms with Crippen LogP contribution in [0.15, 0.2) is 155 Å². The van der Waals surface area contributed by atoms with Gasteiger partial charge >= 0.3 is 6.18 Å². The van der Waals surface area contributed by atoms with E-state index in [1.807, 2.05) is 175 Å². The predicted molar refractivity (Wildman–Crippen MR) is 554 cm³/mol. The number of para-hydroxylation sites is 4. The summed E-state index contributed by atoms with van der Waals surface area (Å²) < 4.78 is 70.7. The van der Waals surface area contributed by atoms with Gasteiger partial charge in [0.25, 0.3) is 38.9 Å². The normalized spacial score (nSPS) is 12.9. The van der Waals surface area contributed by atoms with Crippen LogP contribution < -0.4 is 43.7 Å². The Balaban J connectivity index is 0.000000182. The molecule has 7 heterocycles. The first-order chi connectivity index (χ1) is 63.8. The van der Waals surface area contributed by atoms with E-state index < -0.39 is 45.0 Å². The summed E-state index contributed by atoms with van der Waals surface area (Å²) >= 11 is 0. The van der Waals surface area contributed by atoms with Crippen molar-refractivity contribution in [3.05, 3.63) is 274 Å². The Bertz CT molecular complexity index is 7630. The van der Waals surface area contributed by atoms with Crippen LogP contribution >= 0.6 is 0 Å². The number of hydrogen-bond acceptors (Lipinski definition) is 17. The molecule has 0 bridgehead atoms. The van der Waals surface area contributed by atoms with Crippen LogP contribution in [0, 0.1) is 42.3 Å². The van der Waals surface area contributed by atoms with Gasteiger partial charge in [-0.1, -0.05) is 172 Å². The summed E-state index contributed by atoms with van der Waals surface area (Å²) in [4.78, 5) is 121. The van der Waals surface area contributed by atoms with Crippen molar-refractivity contribution < 1.29 is 22.3 Å². The van der Waals surface area contributed by atoms with Gasteiger partial charge in [0.2, 0.25) is 0 Å². The molecule has 0 spiro atoms. The predicted octanol–water partition coefficient (Wildman–Crippen LogP) is 22.6. The minimum absolute atomic E-state index is 0.0329. The van der Waals surface area contributed by atoms with Crippen molar-refractivity contribution in [2.24, 2.45) is 14.1 Å². The minimum atomic E-state index is -4.60. The highest BCUT2D eigenvalue weighted by Gasteiger charge is 2.39. The molecule has 139 heavy (non-hydrogen) atoms. The lowest BCUT2D eigenvalue weighted by Crippen LogP contribution is -2.41. The Morgan fingerprint density at radius 2 is 0.698 bits per heavy atom. The third-order valence-corrected chi connectivity index (χ3v) is 23.6. The summed E-state index contributed by atoms with van der Waals surface area (Å²) in [5, 5.41) is 21.5. The van der Waals surface area contributed by atoms with Gasteiger partial charge in [0.1, 0.15) is 75.5 Å². The van der Waals surface area contributed by atoms with Crippen LogP contribution in [0.25, 0.3) is 76.3 Å². The van der Waals surface area contributed by atoms with Crippen molar-refractivity contribution in [2.45, 2.75) is 328 Å². The van der Waals surface area contributed by atoms with Gasteiger partial charge in [-0.3, -0.25) is 65.5 Å². The Morgan fingerprint density at radius 3 is 1.12 bits per heavy atom. The first-order valence-corrected chi connectivity index (χ1v) is 47.1. The first kappa shape index (κ1) is 110. The zero-order valence-electron chi connectivity index (χ0n) is 88.4. The Labute approximate surface area is 812 Å². The number of fused-ring (bicyclic) bond motifs is 7. The van der Waals surface area contributed by atoms with Crippen LogP contribution in [0.4, 0.5) is 17.6 Å². The van der Waals surface area contributed by atoms with Crippen molar-refractivity contribution in [1.29, 1.82) is 10.5 Å². The molecule has 1 fully saturated rings. The molecule has 7 aromatic heterocycles. The molecule has 7 aromatic carbocycles. The standard InChI is InChI=1S/C19H26N2O.C18H26N2O.C17H21F3N2O.C17H20FN3O.C17H21N3O.C12H14N2O.C11H12N2O2/c1-18(2,3)17-20-15-13(12-10-11-12)8-7-9-14(15)16(22)21(17)19(4,5)6;1-8-12-10-9-11-13-14(12)19-16(17(2,3)4)20(15(13)21)18(5,6)7;1-15(2,3)14-21-11-9-7-8-10(17(18,19)20)12(11)13(23)22(14)16(4,5)6;1-16(2,3)15-20-13-11(18)8-7-10(9-19)12(13)14(22)21(15)17(4,5)6;1-16(2,3)15-19-13-11(10-18)8-7-9-12(13)14(21)20(15)17(4,5)6;1-4-9-6-5-7-10-11(9)12(15)14(3)8(2)13-10;1-7-12-10-8(11(14)13(7)2)5-4-6-9(10)15-3/h7-9,12H,10-11H2,1-6H3;9-11H,8H2,1-7H3;7-9H,1-6H3;7-8H,1-6H3;7-9H,1-6H3;5-7H,4H2,1-3H3;4-6H,1-3H3. The average molecular weight is 1900 g/mol. The van der Waals surface area contributed by atoms with Gasteiger partial charge in [0, 0.05) is 68.9 Å². The topological polar surface area (TPSA) is 301 Å². The second-order valence-corrected chi connectivity index (χ2v) is 45.7. The maximum absolute atomic E-state index is 14.2. The number of aromatic nitrogens is 14. The summed E-state index contributed by atoms with van der Waals surface area (Å²) in [6.07, 6.45) is -0.425. The molecule has 0 amide bonds. The summed E-state index contributed by atoms with van der Waals surface area (Å²) in [7, 11) is 5.05. The van der Waals surface area contributed by atoms with E-state index in [0.717, 1.165) is 80.2 Å². The lowest BCUT2D eigenvalue weighted by Gasteiger charge is -2.31. The van der Waals surface area contributed by atoms with Gasteiger partial charge in [0.05, 0.1) is 89.1 Å². The molecule has 1 aliphatic rings. The van der Waals surface area contributed by atoms with Crippen molar-refractivity contribution in [3.8, 4) is 17.9 Å². The Morgan fingerprint density at radius 1 is 0.353 bits per heavy atom. The molecule has 740 valence electrons. The molecule has 1 saturated carbocycles. The molecule has 1 aliphatic carbocycles. The number of halogens is 4. The number of hydrogen-bond donors (Lipinski definition) is 0. The number of methoxy groups -OCH3 is 1. The van der Waals surface area contributed by atoms with E-state index in [1.165, 1.54) is 51.8 Å². The summed E-state index contributed by atoms with van der Waals surface area (Å²) in [6.45, 7) is 67.4. The van der Waals surface area contributed by atoms with E-state index in [0.29, 0.717) is 62.3 Å². The van der Waals surface area contributed by atoms with Crippen molar-refractivity contribution in [2.75, 3.05) is 7.11 Å². The maximum atomic E-state index is 14.2. The Kier molecular flexibility index (Phi) is 31.6. The lowest BCUT2D eigenvalue weighted by atomic mass is 9.92. The van der Waals surface area contributed by atoms with Crippen LogP contribution in [0.3, 0.4) is 0 Å². The number of rotatable bonds is 4. The monoisotopic (exact) mass is 1900 g/mol. The fourth-order valence-electron chi connectivity index (χ4n) is 16.6. The molecule has 15 rings (SSSR count). The zero-order valence-corrected chi connectivity index (χ0v) is 88.4. The number of benzene rings is 7. The number of alkyl halides is 3. The second-order valence-electron chi connectivity index (χ2n) is 45.7. The van der Waals surface area contributed by atoms with Crippen LogP contribution in [0.5, 0.6) is 5.75 Å². The van der Waals surface area contributed by atoms with Crippen molar-refractivity contribution in [1.82, 2.24) is 66.9 Å². The molecule has 14 aromatic rings. The van der Waals surface area contributed by atoms with Gasteiger partial charge in [0.15, 0.2) is 0 Å². The number of nitrogens with zero attached hydrogens (tertiary/aromatic N) is 16. The lowest BCUT2D eigenvalue weighted by molar-refractivity contribution is -0.136. The smallest absolute Gasteiger partial charge is 0.417 e. The Hall–Kier alpha value is -13.0. The van der Waals surface area contributed by atoms with Crippen LogP contribution in [-0.2, 0) is 87.9 Å². The highest BCUT2D eigenvalue weighted by molar-refractivity contribution is 5.88.